The number of benzene rings is 2. The second-order valence-electron chi connectivity index (χ2n) is 9.88. The molecule has 1 N–H and O–H groups in total. The summed E-state index contributed by atoms with van der Waals surface area (Å²) in [6.45, 7) is 7.98. The van der Waals surface area contributed by atoms with E-state index in [0.29, 0.717) is 28.6 Å². The van der Waals surface area contributed by atoms with Gasteiger partial charge in [0.2, 0.25) is 5.91 Å². The molecule has 0 radical (unpaired) electrons. The fraction of sp³-hybridized carbons (Fsp3) is 0.481. The number of carbonyl (C=O) groups excluding carboxylic acids is 2. The summed E-state index contributed by atoms with van der Waals surface area (Å²) >= 11 is 12.9. The Labute approximate surface area is 218 Å². The summed E-state index contributed by atoms with van der Waals surface area (Å²) in [5.74, 6) is 0.0487. The van der Waals surface area contributed by atoms with E-state index in [1.54, 1.807) is 17.0 Å². The van der Waals surface area contributed by atoms with Crippen LogP contribution in [0.4, 0.5) is 11.4 Å². The third-order valence-electron chi connectivity index (χ3n) is 6.83. The van der Waals surface area contributed by atoms with Gasteiger partial charge < -0.3 is 20.0 Å². The van der Waals surface area contributed by atoms with Gasteiger partial charge in [-0.1, -0.05) is 23.2 Å². The summed E-state index contributed by atoms with van der Waals surface area (Å²) in [6, 6.07) is 11.4. The molecule has 1 saturated heterocycles. The van der Waals surface area contributed by atoms with E-state index < -0.39 is 0 Å². The van der Waals surface area contributed by atoms with Gasteiger partial charge in [-0.25, -0.2) is 0 Å². The van der Waals surface area contributed by atoms with E-state index in [1.807, 2.05) is 29.2 Å². The van der Waals surface area contributed by atoms with Crippen molar-refractivity contribution in [3.8, 4) is 0 Å². The molecule has 2 aliphatic heterocycles. The van der Waals surface area contributed by atoms with Gasteiger partial charge in [-0.2, -0.15) is 0 Å². The smallest absolute Gasteiger partial charge is 0.259 e. The first-order valence-electron chi connectivity index (χ1n) is 12.4. The zero-order valence-corrected chi connectivity index (χ0v) is 22.2. The van der Waals surface area contributed by atoms with Crippen LogP contribution in [0, 0.1) is 0 Å². The first-order chi connectivity index (χ1) is 16.7. The zero-order valence-electron chi connectivity index (χ0n) is 20.7. The Balaban J connectivity index is 1.59. The highest BCUT2D eigenvalue weighted by Crippen LogP contribution is 2.39. The Bertz CT molecular complexity index is 1080. The van der Waals surface area contributed by atoms with Crippen LogP contribution in [-0.4, -0.2) is 67.4 Å². The third kappa shape index (κ3) is 6.11. The molecule has 0 aliphatic carbocycles. The minimum Gasteiger partial charge on any atom is -0.383 e. The quantitative estimate of drug-likeness (QED) is 0.569. The number of carbonyl (C=O) groups is 2. The molecule has 2 aliphatic rings. The molecule has 1 fully saturated rings. The summed E-state index contributed by atoms with van der Waals surface area (Å²) in [7, 11) is 2.08. The number of hydrogen-bond acceptors (Lipinski definition) is 4. The highest BCUT2D eigenvalue weighted by molar-refractivity contribution is 6.35. The van der Waals surface area contributed by atoms with Gasteiger partial charge in [0, 0.05) is 61.6 Å². The Morgan fingerprint density at radius 3 is 2.46 bits per heavy atom. The van der Waals surface area contributed by atoms with E-state index in [1.165, 1.54) is 0 Å². The largest absolute Gasteiger partial charge is 0.383 e. The summed E-state index contributed by atoms with van der Waals surface area (Å²) in [4.78, 5) is 32.8. The monoisotopic (exact) mass is 516 g/mol. The van der Waals surface area contributed by atoms with Crippen LogP contribution in [0.3, 0.4) is 0 Å². The standard InChI is InChI=1S/C27H34Cl2N4O2/c1-18(2)30-21-7-8-22(24(29)17-21)27(35)33-10-4-5-19(23-16-20(28)6-9-25(23)33)15-26(34)32-13-11-31(3)12-14-32/h6-9,16-19,30H,4-5,10-15H2,1-3H3/t19-/m1/s1. The van der Waals surface area contributed by atoms with Crippen LogP contribution in [0.1, 0.15) is 54.9 Å². The topological polar surface area (TPSA) is 55.9 Å². The van der Waals surface area contributed by atoms with E-state index >= 15 is 0 Å². The molecular weight excluding hydrogens is 483 g/mol. The molecule has 0 unspecified atom stereocenters. The minimum absolute atomic E-state index is 0.0155. The van der Waals surface area contributed by atoms with Crippen molar-refractivity contribution in [2.45, 2.75) is 45.1 Å². The molecule has 2 aromatic carbocycles. The molecule has 0 aromatic heterocycles. The average molecular weight is 518 g/mol. The van der Waals surface area contributed by atoms with Gasteiger partial charge in [0.25, 0.3) is 5.91 Å². The number of amides is 2. The van der Waals surface area contributed by atoms with Crippen LogP contribution in [0.2, 0.25) is 10.0 Å². The Morgan fingerprint density at radius 2 is 1.77 bits per heavy atom. The predicted molar refractivity (Wildman–Crippen MR) is 144 cm³/mol. The molecular formula is C27H34Cl2N4O2. The van der Waals surface area contributed by atoms with E-state index in [0.717, 1.165) is 56.0 Å². The number of fused-ring (bicyclic) bond motifs is 1. The van der Waals surface area contributed by atoms with Crippen LogP contribution in [0.25, 0.3) is 0 Å². The molecule has 1 atom stereocenters. The van der Waals surface area contributed by atoms with Crippen molar-refractivity contribution in [1.29, 1.82) is 0 Å². The van der Waals surface area contributed by atoms with Crippen LogP contribution in [0.15, 0.2) is 36.4 Å². The number of nitrogens with one attached hydrogen (secondary N) is 1. The van der Waals surface area contributed by atoms with Crippen LogP contribution in [-0.2, 0) is 4.79 Å². The number of piperazine rings is 1. The highest BCUT2D eigenvalue weighted by Gasteiger charge is 2.31. The second-order valence-corrected chi connectivity index (χ2v) is 10.7. The molecule has 35 heavy (non-hydrogen) atoms. The minimum atomic E-state index is -0.138. The van der Waals surface area contributed by atoms with Gasteiger partial charge in [0.15, 0.2) is 0 Å². The fourth-order valence-electron chi connectivity index (χ4n) is 4.95. The molecule has 6 nitrogen and oxygen atoms in total. The van der Waals surface area contributed by atoms with Crippen LogP contribution in [0.5, 0.6) is 0 Å². The fourth-order valence-corrected chi connectivity index (χ4v) is 5.39. The molecule has 2 amide bonds. The predicted octanol–water partition coefficient (Wildman–Crippen LogP) is 5.50. The van der Waals surface area contributed by atoms with Gasteiger partial charge in [-0.15, -0.1) is 0 Å². The summed E-state index contributed by atoms with van der Waals surface area (Å²) < 4.78 is 0. The van der Waals surface area contributed by atoms with Gasteiger partial charge in [0.1, 0.15) is 0 Å². The second kappa shape index (κ2) is 11.2. The van der Waals surface area contributed by atoms with E-state index in [-0.39, 0.29) is 23.8 Å². The normalized spacial score (nSPS) is 18.9. The first kappa shape index (κ1) is 25.8. The van der Waals surface area contributed by atoms with Crippen molar-refractivity contribution in [1.82, 2.24) is 9.80 Å². The molecule has 4 rings (SSSR count). The maximum Gasteiger partial charge on any atom is 0.259 e. The summed E-state index contributed by atoms with van der Waals surface area (Å²) in [5, 5.41) is 4.34. The maximum atomic E-state index is 13.7. The lowest BCUT2D eigenvalue weighted by atomic mass is 9.90. The molecule has 2 heterocycles. The van der Waals surface area contributed by atoms with Gasteiger partial charge in [0.05, 0.1) is 10.6 Å². The Kier molecular flexibility index (Phi) is 8.25. The Morgan fingerprint density at radius 1 is 1.03 bits per heavy atom. The molecule has 8 heteroatoms. The van der Waals surface area contributed by atoms with Crippen molar-refractivity contribution in [2.24, 2.45) is 0 Å². The zero-order chi connectivity index (χ0) is 25.1. The molecule has 0 bridgehead atoms. The lowest BCUT2D eigenvalue weighted by Crippen LogP contribution is -2.47. The first-order valence-corrected chi connectivity index (χ1v) is 13.1. The summed E-state index contributed by atoms with van der Waals surface area (Å²) in [6.07, 6.45) is 2.04. The highest BCUT2D eigenvalue weighted by atomic mass is 35.5. The Hall–Kier alpha value is -2.28. The summed E-state index contributed by atoms with van der Waals surface area (Å²) in [5.41, 5.74) is 3.12. The maximum absolute atomic E-state index is 13.7. The van der Waals surface area contributed by atoms with Crippen LogP contribution >= 0.6 is 23.2 Å². The number of likely N-dealkylation sites (N-methyl/N-ethyl adjacent to an activating group) is 1. The lowest BCUT2D eigenvalue weighted by molar-refractivity contribution is -0.133. The van der Waals surface area contributed by atoms with E-state index in [4.69, 9.17) is 23.2 Å². The lowest BCUT2D eigenvalue weighted by Gasteiger charge is -2.33. The van der Waals surface area contributed by atoms with Crippen molar-refractivity contribution in [3.63, 3.8) is 0 Å². The molecule has 0 spiro atoms. The van der Waals surface area contributed by atoms with Gasteiger partial charge in [-0.05, 0) is 81.6 Å². The van der Waals surface area contributed by atoms with Crippen molar-refractivity contribution >= 4 is 46.4 Å². The van der Waals surface area contributed by atoms with Gasteiger partial charge in [-0.3, -0.25) is 9.59 Å². The molecule has 0 saturated carbocycles. The SMILES string of the molecule is CC(C)Nc1ccc(C(=O)N2CCC[C@H](CC(=O)N3CCN(C)CC3)c3cc(Cl)ccc32)c(Cl)c1. The van der Waals surface area contributed by atoms with Crippen molar-refractivity contribution in [2.75, 3.05) is 50.0 Å². The molecule has 2 aromatic rings. The average Bonchev–Trinajstić information content (AvgIpc) is 2.98. The van der Waals surface area contributed by atoms with Gasteiger partial charge >= 0.3 is 0 Å². The van der Waals surface area contributed by atoms with E-state index in [9.17, 15) is 9.59 Å². The third-order valence-corrected chi connectivity index (χ3v) is 7.38. The molecule has 188 valence electrons. The van der Waals surface area contributed by atoms with Crippen molar-refractivity contribution < 1.29 is 9.59 Å². The van der Waals surface area contributed by atoms with E-state index in [2.05, 4.69) is 31.1 Å². The number of halogens is 2. The number of hydrogen-bond donors (Lipinski definition) is 1. The number of anilines is 2. The number of rotatable bonds is 5. The van der Waals surface area contributed by atoms with Crippen molar-refractivity contribution in [3.05, 3.63) is 57.6 Å². The number of nitrogens with zero attached hydrogens (tertiary/aromatic N) is 3. The van der Waals surface area contributed by atoms with Crippen LogP contribution < -0.4 is 10.2 Å².